The van der Waals surface area contributed by atoms with E-state index in [0.29, 0.717) is 37.4 Å². The molecule has 4 rings (SSSR count). The predicted molar refractivity (Wildman–Crippen MR) is 99.1 cm³/mol. The monoisotopic (exact) mass is 443 g/mol. The smallest absolute Gasteiger partial charge is 0.378 e. The van der Waals surface area contributed by atoms with Gasteiger partial charge >= 0.3 is 6.18 Å². The van der Waals surface area contributed by atoms with Gasteiger partial charge in [0.05, 0.1) is 23.8 Å². The van der Waals surface area contributed by atoms with Crippen LogP contribution in [0, 0.1) is 0 Å². The Hall–Kier alpha value is -2.59. The maximum absolute atomic E-state index is 13.1. The normalized spacial score (nSPS) is 18.0. The standard InChI is InChI=1S/C19H17ClF3N3O4/c1-10(19(21,22)23)26-9-12-6-11(7-13(20)16(12)18(26)28)15-8-14(24-30-15)17(27)25-2-4-29-5-3-25/h6-8,10H,2-5,9H2,1H3. The molecule has 3 heterocycles. The second kappa shape index (κ2) is 7.59. The Morgan fingerprint density at radius 2 is 1.93 bits per heavy atom. The summed E-state index contributed by atoms with van der Waals surface area (Å²) in [5.74, 6) is -0.848. The van der Waals surface area contributed by atoms with Crippen molar-refractivity contribution in [3.8, 4) is 11.3 Å². The number of nitrogens with zero attached hydrogens (tertiary/aromatic N) is 3. The molecule has 1 unspecified atom stereocenters. The van der Waals surface area contributed by atoms with Crippen molar-refractivity contribution >= 4 is 23.4 Å². The molecular weight excluding hydrogens is 427 g/mol. The van der Waals surface area contributed by atoms with Crippen LogP contribution in [0.4, 0.5) is 13.2 Å². The van der Waals surface area contributed by atoms with Gasteiger partial charge in [0, 0.05) is 31.3 Å². The van der Waals surface area contributed by atoms with E-state index in [1.54, 1.807) is 4.90 Å². The highest BCUT2D eigenvalue weighted by molar-refractivity contribution is 6.34. The van der Waals surface area contributed by atoms with Crippen molar-refractivity contribution in [2.45, 2.75) is 25.7 Å². The number of hydrogen-bond donors (Lipinski definition) is 0. The predicted octanol–water partition coefficient (Wildman–Crippen LogP) is 3.37. The molecule has 1 saturated heterocycles. The second-order valence-corrected chi connectivity index (χ2v) is 7.53. The van der Waals surface area contributed by atoms with Crippen molar-refractivity contribution < 1.29 is 32.0 Å². The largest absolute Gasteiger partial charge is 0.408 e. The molecule has 30 heavy (non-hydrogen) atoms. The van der Waals surface area contributed by atoms with E-state index in [9.17, 15) is 22.8 Å². The van der Waals surface area contributed by atoms with Crippen LogP contribution in [0.2, 0.25) is 5.02 Å². The first-order valence-electron chi connectivity index (χ1n) is 9.21. The zero-order chi connectivity index (χ0) is 21.6. The summed E-state index contributed by atoms with van der Waals surface area (Å²) in [6.07, 6.45) is -4.55. The van der Waals surface area contributed by atoms with E-state index < -0.39 is 18.1 Å². The van der Waals surface area contributed by atoms with E-state index >= 15 is 0 Å². The molecule has 160 valence electrons. The highest BCUT2D eigenvalue weighted by atomic mass is 35.5. The van der Waals surface area contributed by atoms with Crippen LogP contribution in [0.15, 0.2) is 22.7 Å². The van der Waals surface area contributed by atoms with Crippen molar-refractivity contribution in [1.29, 1.82) is 0 Å². The number of morpholine rings is 1. The van der Waals surface area contributed by atoms with Gasteiger partial charge in [0.15, 0.2) is 11.5 Å². The van der Waals surface area contributed by atoms with Gasteiger partial charge in [-0.05, 0) is 24.6 Å². The van der Waals surface area contributed by atoms with Gasteiger partial charge in [0.2, 0.25) is 0 Å². The van der Waals surface area contributed by atoms with Crippen LogP contribution < -0.4 is 0 Å². The van der Waals surface area contributed by atoms with Gasteiger partial charge in [-0.3, -0.25) is 9.59 Å². The van der Waals surface area contributed by atoms with Crippen LogP contribution in [0.3, 0.4) is 0 Å². The van der Waals surface area contributed by atoms with Gasteiger partial charge in [0.25, 0.3) is 11.8 Å². The first-order valence-corrected chi connectivity index (χ1v) is 9.59. The first-order chi connectivity index (χ1) is 14.2. The summed E-state index contributed by atoms with van der Waals surface area (Å²) in [4.78, 5) is 27.3. The molecule has 0 spiro atoms. The van der Waals surface area contributed by atoms with E-state index in [2.05, 4.69) is 5.16 Å². The van der Waals surface area contributed by atoms with E-state index in [1.807, 2.05) is 0 Å². The minimum atomic E-state index is -4.55. The molecule has 0 radical (unpaired) electrons. The maximum Gasteiger partial charge on any atom is 0.408 e. The summed E-state index contributed by atoms with van der Waals surface area (Å²) in [5.41, 5.74) is 0.921. The quantitative estimate of drug-likeness (QED) is 0.727. The number of rotatable bonds is 3. The number of alkyl halides is 3. The van der Waals surface area contributed by atoms with Gasteiger partial charge in [-0.15, -0.1) is 0 Å². The third-order valence-electron chi connectivity index (χ3n) is 5.24. The summed E-state index contributed by atoms with van der Waals surface area (Å²) in [6.45, 7) is 2.48. The molecule has 0 saturated carbocycles. The lowest BCUT2D eigenvalue weighted by molar-refractivity contribution is -0.172. The molecular formula is C19H17ClF3N3O4. The molecule has 11 heteroatoms. The van der Waals surface area contributed by atoms with Crippen LogP contribution in [0.25, 0.3) is 11.3 Å². The lowest BCUT2D eigenvalue weighted by Gasteiger charge is -2.26. The van der Waals surface area contributed by atoms with Crippen LogP contribution in [-0.4, -0.2) is 65.3 Å². The van der Waals surface area contributed by atoms with E-state index in [1.165, 1.54) is 18.2 Å². The highest BCUT2D eigenvalue weighted by Gasteiger charge is 2.45. The fraction of sp³-hybridized carbons (Fsp3) is 0.421. The fourth-order valence-corrected chi connectivity index (χ4v) is 3.82. The van der Waals surface area contributed by atoms with Gasteiger partial charge in [-0.1, -0.05) is 16.8 Å². The Morgan fingerprint density at radius 1 is 1.23 bits per heavy atom. The summed E-state index contributed by atoms with van der Waals surface area (Å²) in [5, 5.41) is 3.82. The number of ether oxygens (including phenoxy) is 1. The number of carbonyl (C=O) groups excluding carboxylic acids is 2. The van der Waals surface area contributed by atoms with Crippen LogP contribution >= 0.6 is 11.6 Å². The van der Waals surface area contributed by atoms with Gasteiger partial charge < -0.3 is 19.1 Å². The van der Waals surface area contributed by atoms with Crippen LogP contribution in [0.5, 0.6) is 0 Å². The third kappa shape index (κ3) is 3.65. The molecule has 0 bridgehead atoms. The Bertz CT molecular complexity index is 1000. The Labute approximate surface area is 174 Å². The number of amides is 2. The topological polar surface area (TPSA) is 75.9 Å². The van der Waals surface area contributed by atoms with Crippen LogP contribution in [0.1, 0.15) is 33.3 Å². The maximum atomic E-state index is 13.1. The molecule has 1 aromatic carbocycles. The fourth-order valence-electron chi connectivity index (χ4n) is 3.50. The van der Waals surface area contributed by atoms with Crippen molar-refractivity contribution in [2.75, 3.05) is 26.3 Å². The zero-order valence-corrected chi connectivity index (χ0v) is 16.6. The Morgan fingerprint density at radius 3 is 2.60 bits per heavy atom. The van der Waals surface area contributed by atoms with E-state index in [-0.39, 0.29) is 34.5 Å². The summed E-state index contributed by atoms with van der Waals surface area (Å²) in [6, 6.07) is 2.46. The van der Waals surface area contributed by atoms with E-state index in [4.69, 9.17) is 20.9 Å². The number of carbonyl (C=O) groups is 2. The van der Waals surface area contributed by atoms with Crippen LogP contribution in [-0.2, 0) is 11.3 Å². The minimum Gasteiger partial charge on any atom is -0.378 e. The highest BCUT2D eigenvalue weighted by Crippen LogP contribution is 2.37. The Balaban J connectivity index is 1.60. The molecule has 1 fully saturated rings. The number of halogens is 4. The molecule has 2 aliphatic heterocycles. The minimum absolute atomic E-state index is 0.0156. The van der Waals surface area contributed by atoms with Gasteiger partial charge in [-0.2, -0.15) is 13.2 Å². The zero-order valence-electron chi connectivity index (χ0n) is 15.8. The lowest BCUT2D eigenvalue weighted by atomic mass is 10.0. The molecule has 2 aromatic rings. The summed E-state index contributed by atoms with van der Waals surface area (Å²) in [7, 11) is 0. The van der Waals surface area contributed by atoms with Gasteiger partial charge in [-0.25, -0.2) is 0 Å². The van der Waals surface area contributed by atoms with Crippen molar-refractivity contribution in [3.63, 3.8) is 0 Å². The molecule has 2 aliphatic rings. The Kier molecular flexibility index (Phi) is 5.23. The van der Waals surface area contributed by atoms with E-state index in [0.717, 1.165) is 11.8 Å². The number of aromatic nitrogens is 1. The van der Waals surface area contributed by atoms with Gasteiger partial charge in [0.1, 0.15) is 6.04 Å². The lowest BCUT2D eigenvalue weighted by Crippen LogP contribution is -2.43. The van der Waals surface area contributed by atoms with Crippen molar-refractivity contribution in [3.05, 3.63) is 40.0 Å². The molecule has 7 nitrogen and oxygen atoms in total. The average molecular weight is 444 g/mol. The molecule has 2 amide bonds. The SMILES string of the molecule is CC(N1Cc2cc(-c3cc(C(=O)N4CCOCC4)no3)cc(Cl)c2C1=O)C(F)(F)F. The number of benzene rings is 1. The molecule has 0 N–H and O–H groups in total. The average Bonchev–Trinajstić information content (AvgIpc) is 3.32. The molecule has 1 atom stereocenters. The summed E-state index contributed by atoms with van der Waals surface area (Å²) >= 11 is 6.22. The summed E-state index contributed by atoms with van der Waals surface area (Å²) < 4.78 is 49.7. The third-order valence-corrected chi connectivity index (χ3v) is 5.54. The number of hydrogen-bond acceptors (Lipinski definition) is 5. The second-order valence-electron chi connectivity index (χ2n) is 7.12. The number of fused-ring (bicyclic) bond motifs is 1. The van der Waals surface area contributed by atoms with Crippen molar-refractivity contribution in [1.82, 2.24) is 15.0 Å². The molecule has 1 aromatic heterocycles. The first kappa shape index (κ1) is 20.7. The molecule has 0 aliphatic carbocycles. The van der Waals surface area contributed by atoms with Crippen molar-refractivity contribution in [2.24, 2.45) is 0 Å².